The third-order valence-electron chi connectivity index (χ3n) is 3.30. The maximum atomic E-state index is 5.79. The number of hydrogen-bond donors (Lipinski definition) is 1. The highest BCUT2D eigenvalue weighted by molar-refractivity contribution is 7.99. The van der Waals surface area contributed by atoms with E-state index >= 15 is 0 Å². The lowest BCUT2D eigenvalue weighted by Gasteiger charge is -2.33. The monoisotopic (exact) mass is 277 g/mol. The Kier molecular flexibility index (Phi) is 5.34. The Labute approximate surface area is 120 Å². The van der Waals surface area contributed by atoms with Crippen LogP contribution in [0.25, 0.3) is 0 Å². The van der Waals surface area contributed by atoms with Crippen molar-refractivity contribution in [3.8, 4) is 0 Å². The zero-order valence-corrected chi connectivity index (χ0v) is 12.6. The second-order valence-corrected chi connectivity index (χ2v) is 6.23. The van der Waals surface area contributed by atoms with Gasteiger partial charge in [0.2, 0.25) is 0 Å². The van der Waals surface area contributed by atoms with Gasteiger partial charge in [-0.05, 0) is 38.8 Å². The number of anilines is 1. The summed E-state index contributed by atoms with van der Waals surface area (Å²) in [5, 5.41) is 3.68. The van der Waals surface area contributed by atoms with Crippen molar-refractivity contribution in [1.29, 1.82) is 0 Å². The third-order valence-corrected chi connectivity index (χ3v) is 4.37. The maximum absolute atomic E-state index is 5.79. The van der Waals surface area contributed by atoms with Gasteiger partial charge in [0, 0.05) is 22.4 Å². The van der Waals surface area contributed by atoms with Gasteiger partial charge in [0.1, 0.15) is 0 Å². The van der Waals surface area contributed by atoms with Crippen LogP contribution < -0.4 is 5.32 Å². The third kappa shape index (κ3) is 4.29. The minimum absolute atomic E-state index is 0.342. The van der Waals surface area contributed by atoms with Crippen LogP contribution in [0.1, 0.15) is 26.7 Å². The molecule has 1 fully saturated rings. The average molecular weight is 277 g/mol. The number of ether oxygens (including phenoxy) is 1. The van der Waals surface area contributed by atoms with Crippen LogP contribution in [0.3, 0.4) is 0 Å². The van der Waals surface area contributed by atoms with Crippen LogP contribution in [-0.4, -0.2) is 24.0 Å². The highest BCUT2D eigenvalue weighted by atomic mass is 32.2. The fourth-order valence-electron chi connectivity index (χ4n) is 2.60. The molecule has 2 unspecified atom stereocenters. The molecule has 2 rings (SSSR count). The summed E-state index contributed by atoms with van der Waals surface area (Å²) < 4.78 is 5.79. The Morgan fingerprint density at radius 3 is 2.68 bits per heavy atom. The van der Waals surface area contributed by atoms with Crippen LogP contribution in [0.15, 0.2) is 41.8 Å². The standard InChI is InChI=1S/C16H23NOS/c1-4-9-19-16-8-6-5-7-15(16)17-14-10-12(2)18-13(3)11-14/h4-8,12-14,17H,1,9-11H2,2-3H3. The molecule has 19 heavy (non-hydrogen) atoms. The van der Waals surface area contributed by atoms with E-state index in [1.54, 1.807) is 0 Å². The van der Waals surface area contributed by atoms with E-state index in [-0.39, 0.29) is 0 Å². The lowest BCUT2D eigenvalue weighted by Crippen LogP contribution is -2.37. The molecule has 1 aromatic carbocycles. The van der Waals surface area contributed by atoms with Gasteiger partial charge in [-0.1, -0.05) is 18.2 Å². The number of para-hydroxylation sites is 1. The van der Waals surface area contributed by atoms with Crippen LogP contribution >= 0.6 is 11.8 Å². The highest BCUT2D eigenvalue weighted by Gasteiger charge is 2.24. The summed E-state index contributed by atoms with van der Waals surface area (Å²) in [6, 6.07) is 9.02. The summed E-state index contributed by atoms with van der Waals surface area (Å²) in [6.45, 7) is 8.09. The average Bonchev–Trinajstić information content (AvgIpc) is 2.36. The largest absolute Gasteiger partial charge is 0.381 e. The van der Waals surface area contributed by atoms with Gasteiger partial charge in [-0.2, -0.15) is 0 Å². The molecule has 0 spiro atoms. The van der Waals surface area contributed by atoms with E-state index in [1.165, 1.54) is 10.6 Å². The minimum Gasteiger partial charge on any atom is -0.381 e. The lowest BCUT2D eigenvalue weighted by molar-refractivity contribution is -0.0338. The summed E-state index contributed by atoms with van der Waals surface area (Å²) in [5.41, 5.74) is 1.24. The van der Waals surface area contributed by atoms with E-state index in [9.17, 15) is 0 Å². The topological polar surface area (TPSA) is 21.3 Å². The molecule has 104 valence electrons. The van der Waals surface area contributed by atoms with Gasteiger partial charge in [-0.3, -0.25) is 0 Å². The van der Waals surface area contributed by atoms with Crippen LogP contribution in [0, 0.1) is 0 Å². The number of rotatable bonds is 5. The predicted octanol–water partition coefficient (Wildman–Crippen LogP) is 4.33. The molecule has 0 radical (unpaired) electrons. The zero-order valence-electron chi connectivity index (χ0n) is 11.8. The van der Waals surface area contributed by atoms with Crippen molar-refractivity contribution in [3.63, 3.8) is 0 Å². The smallest absolute Gasteiger partial charge is 0.0570 e. The number of nitrogens with one attached hydrogen (secondary N) is 1. The Morgan fingerprint density at radius 1 is 1.32 bits per heavy atom. The first-order valence-corrected chi connectivity index (χ1v) is 7.92. The summed E-state index contributed by atoms with van der Waals surface area (Å²) in [4.78, 5) is 1.30. The SMILES string of the molecule is C=CCSc1ccccc1NC1CC(C)OC(C)C1. The first kappa shape index (κ1) is 14.5. The first-order valence-electron chi connectivity index (χ1n) is 6.93. The van der Waals surface area contributed by atoms with Crippen LogP contribution in [0.4, 0.5) is 5.69 Å². The molecule has 0 aliphatic carbocycles. The van der Waals surface area contributed by atoms with Gasteiger partial charge < -0.3 is 10.1 Å². The van der Waals surface area contributed by atoms with Crippen molar-refractivity contribution < 1.29 is 4.74 Å². The molecule has 2 atom stereocenters. The van der Waals surface area contributed by atoms with E-state index < -0.39 is 0 Å². The van der Waals surface area contributed by atoms with Crippen LogP contribution in [0.2, 0.25) is 0 Å². The van der Waals surface area contributed by atoms with Crippen molar-refractivity contribution in [3.05, 3.63) is 36.9 Å². The zero-order chi connectivity index (χ0) is 13.7. The normalized spacial score (nSPS) is 26.9. The summed E-state index contributed by atoms with van der Waals surface area (Å²) >= 11 is 1.83. The molecule has 0 amide bonds. The fraction of sp³-hybridized carbons (Fsp3) is 0.500. The van der Waals surface area contributed by atoms with Crippen LogP contribution in [0.5, 0.6) is 0 Å². The van der Waals surface area contributed by atoms with Crippen LogP contribution in [-0.2, 0) is 4.74 Å². The second kappa shape index (κ2) is 7.01. The Balaban J connectivity index is 2.03. The van der Waals surface area contributed by atoms with E-state index in [0.29, 0.717) is 18.2 Å². The molecule has 1 saturated heterocycles. The highest BCUT2D eigenvalue weighted by Crippen LogP contribution is 2.30. The molecule has 1 N–H and O–H groups in total. The molecule has 1 heterocycles. The molecule has 2 nitrogen and oxygen atoms in total. The fourth-order valence-corrected chi connectivity index (χ4v) is 3.36. The van der Waals surface area contributed by atoms with Gasteiger partial charge in [-0.25, -0.2) is 0 Å². The quantitative estimate of drug-likeness (QED) is 0.639. The van der Waals surface area contributed by atoms with Gasteiger partial charge in [0.15, 0.2) is 0 Å². The number of thioether (sulfide) groups is 1. The number of hydrogen-bond acceptors (Lipinski definition) is 3. The predicted molar refractivity (Wildman–Crippen MR) is 84.0 cm³/mol. The van der Waals surface area contributed by atoms with Gasteiger partial charge in [-0.15, -0.1) is 18.3 Å². The van der Waals surface area contributed by atoms with Crippen molar-refractivity contribution in [2.75, 3.05) is 11.1 Å². The Morgan fingerprint density at radius 2 is 2.00 bits per heavy atom. The van der Waals surface area contributed by atoms with Crippen molar-refractivity contribution in [2.24, 2.45) is 0 Å². The lowest BCUT2D eigenvalue weighted by atomic mass is 9.99. The van der Waals surface area contributed by atoms with E-state index in [4.69, 9.17) is 4.74 Å². The van der Waals surface area contributed by atoms with E-state index in [1.807, 2.05) is 17.8 Å². The first-order chi connectivity index (χ1) is 9.19. The molecule has 1 aliphatic heterocycles. The molecule has 1 aromatic rings. The number of benzene rings is 1. The maximum Gasteiger partial charge on any atom is 0.0570 e. The van der Waals surface area contributed by atoms with E-state index in [0.717, 1.165) is 18.6 Å². The summed E-state index contributed by atoms with van der Waals surface area (Å²) in [5.74, 6) is 0.944. The molecular weight excluding hydrogens is 254 g/mol. The minimum atomic E-state index is 0.342. The molecular formula is C16H23NOS. The van der Waals surface area contributed by atoms with Gasteiger partial charge in [0.05, 0.1) is 12.2 Å². The molecule has 1 aliphatic rings. The Bertz CT molecular complexity index is 411. The second-order valence-electron chi connectivity index (χ2n) is 5.17. The summed E-state index contributed by atoms with van der Waals surface area (Å²) in [6.07, 6.45) is 4.78. The Hall–Kier alpha value is -0.930. The molecule has 0 bridgehead atoms. The van der Waals surface area contributed by atoms with Gasteiger partial charge >= 0.3 is 0 Å². The molecule has 0 saturated carbocycles. The van der Waals surface area contributed by atoms with E-state index in [2.05, 4.69) is 50.0 Å². The van der Waals surface area contributed by atoms with Crippen molar-refractivity contribution in [2.45, 2.75) is 49.8 Å². The van der Waals surface area contributed by atoms with Gasteiger partial charge in [0.25, 0.3) is 0 Å². The molecule has 0 aromatic heterocycles. The summed E-state index contributed by atoms with van der Waals surface area (Å²) in [7, 11) is 0. The van der Waals surface area contributed by atoms with Crippen molar-refractivity contribution >= 4 is 17.4 Å². The van der Waals surface area contributed by atoms with Crippen molar-refractivity contribution in [1.82, 2.24) is 0 Å². The molecule has 3 heteroatoms.